The third-order valence-electron chi connectivity index (χ3n) is 5.42. The van der Waals surface area contributed by atoms with Crippen LogP contribution in [0, 0.1) is 0 Å². The second-order valence-corrected chi connectivity index (χ2v) is 7.58. The minimum Gasteiger partial charge on any atom is -0.312 e. The predicted octanol–water partition coefficient (Wildman–Crippen LogP) is 3.46. The average molecular weight is 308 g/mol. The Hall–Kier alpha value is -0.450. The smallest absolute Gasteiger partial charge is 0.0941 e. The van der Waals surface area contributed by atoms with Gasteiger partial charge >= 0.3 is 0 Å². The van der Waals surface area contributed by atoms with E-state index in [1.807, 2.05) is 17.5 Å². The fraction of sp³-hybridized carbons (Fsp3) is 0.824. The van der Waals surface area contributed by atoms with Gasteiger partial charge in [0.2, 0.25) is 0 Å². The molecule has 1 saturated heterocycles. The van der Waals surface area contributed by atoms with E-state index >= 15 is 0 Å². The number of hydrogen-bond donors (Lipinski definition) is 1. The molecule has 0 amide bonds. The molecule has 21 heavy (non-hydrogen) atoms. The quantitative estimate of drug-likeness (QED) is 0.872. The Morgan fingerprint density at radius 1 is 1.24 bits per heavy atom. The van der Waals surface area contributed by atoms with Gasteiger partial charge in [-0.2, -0.15) is 0 Å². The van der Waals surface area contributed by atoms with Crippen molar-refractivity contribution in [1.29, 1.82) is 0 Å². The van der Waals surface area contributed by atoms with Gasteiger partial charge in [0.25, 0.3) is 0 Å². The summed E-state index contributed by atoms with van der Waals surface area (Å²) in [5.74, 6) is 0. The minimum atomic E-state index is 0.391. The van der Waals surface area contributed by atoms with Gasteiger partial charge in [-0.15, -0.1) is 11.3 Å². The lowest BCUT2D eigenvalue weighted by Crippen LogP contribution is -2.61. The zero-order valence-corrected chi connectivity index (χ0v) is 14.1. The molecule has 1 N–H and O–H groups in total. The zero-order valence-electron chi connectivity index (χ0n) is 13.3. The van der Waals surface area contributed by atoms with Crippen LogP contribution in [0.1, 0.15) is 56.9 Å². The van der Waals surface area contributed by atoms with Gasteiger partial charge in [-0.1, -0.05) is 26.2 Å². The molecule has 1 aromatic rings. The Labute approximate surface area is 133 Å². The second-order valence-electron chi connectivity index (χ2n) is 6.60. The lowest BCUT2D eigenvalue weighted by molar-refractivity contribution is 0.0371. The summed E-state index contributed by atoms with van der Waals surface area (Å²) in [5.41, 5.74) is 0.391. The first-order valence-electron chi connectivity index (χ1n) is 8.72. The highest BCUT2D eigenvalue weighted by Crippen LogP contribution is 2.40. The molecular formula is C17H29N3S. The van der Waals surface area contributed by atoms with E-state index in [0.717, 1.165) is 13.0 Å². The Kier molecular flexibility index (Phi) is 5.30. The molecule has 1 aliphatic heterocycles. The van der Waals surface area contributed by atoms with Crippen LogP contribution in [-0.4, -0.2) is 41.1 Å². The number of nitrogens with zero attached hydrogens (tertiary/aromatic N) is 2. The molecule has 0 bridgehead atoms. The summed E-state index contributed by atoms with van der Waals surface area (Å²) in [6.45, 7) is 5.92. The number of aromatic nitrogens is 1. The van der Waals surface area contributed by atoms with Crippen molar-refractivity contribution in [3.05, 3.63) is 16.6 Å². The molecule has 1 aromatic heterocycles. The maximum Gasteiger partial charge on any atom is 0.0941 e. The summed E-state index contributed by atoms with van der Waals surface area (Å²) in [4.78, 5) is 7.38. The number of piperidine rings is 1. The van der Waals surface area contributed by atoms with Gasteiger partial charge in [-0.25, -0.2) is 4.98 Å². The zero-order chi connectivity index (χ0) is 14.5. The number of hydrogen-bond acceptors (Lipinski definition) is 4. The van der Waals surface area contributed by atoms with Crippen molar-refractivity contribution >= 4 is 11.3 Å². The van der Waals surface area contributed by atoms with Crippen molar-refractivity contribution in [2.75, 3.05) is 19.6 Å². The number of nitrogens with one attached hydrogen (secondary N) is 1. The third kappa shape index (κ3) is 3.33. The molecule has 1 atom stereocenters. The summed E-state index contributed by atoms with van der Waals surface area (Å²) in [7, 11) is 0. The van der Waals surface area contributed by atoms with E-state index in [2.05, 4.69) is 27.5 Å². The summed E-state index contributed by atoms with van der Waals surface area (Å²) < 4.78 is 0. The molecular weight excluding hydrogens is 278 g/mol. The summed E-state index contributed by atoms with van der Waals surface area (Å²) in [5, 5.41) is 7.23. The monoisotopic (exact) mass is 307 g/mol. The van der Waals surface area contributed by atoms with Crippen molar-refractivity contribution in [3.63, 3.8) is 0 Å². The number of rotatable bonds is 6. The standard InChI is InChI=1S/C17H29N3S/c1-2-18-15(14-16-19-10-13-21-16)17(8-4-5-9-17)20-11-6-3-7-12-20/h10,13,15,18H,2-9,11-12,14H2,1H3. The van der Waals surface area contributed by atoms with E-state index in [0.29, 0.717) is 11.6 Å². The Bertz CT molecular complexity index is 406. The largest absolute Gasteiger partial charge is 0.312 e. The van der Waals surface area contributed by atoms with Gasteiger partial charge in [0.15, 0.2) is 0 Å². The van der Waals surface area contributed by atoms with E-state index in [1.165, 1.54) is 63.0 Å². The van der Waals surface area contributed by atoms with Crippen LogP contribution in [0.2, 0.25) is 0 Å². The minimum absolute atomic E-state index is 0.391. The first-order chi connectivity index (χ1) is 10.3. The molecule has 3 nitrogen and oxygen atoms in total. The highest BCUT2D eigenvalue weighted by Gasteiger charge is 2.45. The molecule has 2 heterocycles. The molecule has 0 spiro atoms. The number of likely N-dealkylation sites (N-methyl/N-ethyl adjacent to an activating group) is 1. The van der Waals surface area contributed by atoms with E-state index in [9.17, 15) is 0 Å². The Morgan fingerprint density at radius 2 is 2.00 bits per heavy atom. The van der Waals surface area contributed by atoms with E-state index < -0.39 is 0 Å². The maximum atomic E-state index is 4.55. The molecule has 0 aromatic carbocycles. The molecule has 1 aliphatic carbocycles. The second kappa shape index (κ2) is 7.21. The normalized spacial score (nSPS) is 24.2. The van der Waals surface area contributed by atoms with E-state index in [1.54, 1.807) is 0 Å². The summed E-state index contributed by atoms with van der Waals surface area (Å²) in [6, 6.07) is 0.564. The van der Waals surface area contributed by atoms with Crippen LogP contribution in [0.15, 0.2) is 11.6 Å². The SMILES string of the molecule is CCNC(Cc1nccs1)C1(N2CCCCC2)CCCC1. The topological polar surface area (TPSA) is 28.2 Å². The van der Waals surface area contributed by atoms with Crippen LogP contribution in [0.4, 0.5) is 0 Å². The number of likely N-dealkylation sites (tertiary alicyclic amines) is 1. The molecule has 2 aliphatic rings. The molecule has 4 heteroatoms. The van der Waals surface area contributed by atoms with E-state index in [4.69, 9.17) is 0 Å². The van der Waals surface area contributed by atoms with Crippen LogP contribution in [-0.2, 0) is 6.42 Å². The van der Waals surface area contributed by atoms with Crippen molar-refractivity contribution in [2.24, 2.45) is 0 Å². The fourth-order valence-corrected chi connectivity index (χ4v) is 5.10. The van der Waals surface area contributed by atoms with Crippen LogP contribution >= 0.6 is 11.3 Å². The first kappa shape index (κ1) is 15.4. The van der Waals surface area contributed by atoms with Gasteiger partial charge in [-0.3, -0.25) is 4.90 Å². The molecule has 2 fully saturated rings. The van der Waals surface area contributed by atoms with E-state index in [-0.39, 0.29) is 0 Å². The fourth-order valence-electron chi connectivity index (χ4n) is 4.44. The van der Waals surface area contributed by atoms with Crippen LogP contribution < -0.4 is 5.32 Å². The number of thiazole rings is 1. The van der Waals surface area contributed by atoms with Crippen molar-refractivity contribution in [1.82, 2.24) is 15.2 Å². The molecule has 3 rings (SSSR count). The van der Waals surface area contributed by atoms with Gasteiger partial charge in [0.1, 0.15) is 0 Å². The van der Waals surface area contributed by atoms with Crippen molar-refractivity contribution < 1.29 is 0 Å². The van der Waals surface area contributed by atoms with Crippen molar-refractivity contribution in [3.8, 4) is 0 Å². The van der Waals surface area contributed by atoms with Gasteiger partial charge in [0.05, 0.1) is 5.01 Å². The highest BCUT2D eigenvalue weighted by atomic mass is 32.1. The Balaban J connectivity index is 1.81. The predicted molar refractivity (Wildman–Crippen MR) is 89.9 cm³/mol. The molecule has 118 valence electrons. The lowest BCUT2D eigenvalue weighted by Gasteiger charge is -2.48. The lowest BCUT2D eigenvalue weighted by atomic mass is 9.82. The van der Waals surface area contributed by atoms with Crippen molar-refractivity contribution in [2.45, 2.75) is 69.9 Å². The summed E-state index contributed by atoms with van der Waals surface area (Å²) in [6.07, 6.45) is 12.8. The molecule has 1 saturated carbocycles. The van der Waals surface area contributed by atoms with Gasteiger partial charge < -0.3 is 5.32 Å². The third-order valence-corrected chi connectivity index (χ3v) is 6.22. The molecule has 0 radical (unpaired) electrons. The Morgan fingerprint density at radius 3 is 2.62 bits per heavy atom. The first-order valence-corrected chi connectivity index (χ1v) is 9.60. The van der Waals surface area contributed by atoms with Crippen LogP contribution in [0.25, 0.3) is 0 Å². The summed E-state index contributed by atoms with van der Waals surface area (Å²) >= 11 is 1.81. The average Bonchev–Trinajstić information content (AvgIpc) is 3.20. The van der Waals surface area contributed by atoms with Gasteiger partial charge in [0, 0.05) is 29.6 Å². The van der Waals surface area contributed by atoms with Crippen LogP contribution in [0.3, 0.4) is 0 Å². The van der Waals surface area contributed by atoms with Gasteiger partial charge in [-0.05, 0) is 45.3 Å². The molecule has 1 unspecified atom stereocenters. The highest BCUT2D eigenvalue weighted by molar-refractivity contribution is 7.09. The maximum absolute atomic E-state index is 4.55. The van der Waals surface area contributed by atoms with Crippen LogP contribution in [0.5, 0.6) is 0 Å².